The molecular weight excluding hydrogens is 448 g/mol. The first kappa shape index (κ1) is 28.5. The molecule has 2 N–H and O–H groups in total. The number of alkyl carbamates (subject to hydrolysis) is 1. The highest BCUT2D eigenvalue weighted by Gasteiger charge is 2.42. The van der Waals surface area contributed by atoms with Gasteiger partial charge in [-0.3, -0.25) is 4.79 Å². The van der Waals surface area contributed by atoms with Crippen molar-refractivity contribution in [3.8, 4) is 0 Å². The Morgan fingerprint density at radius 3 is 2.56 bits per heavy atom. The summed E-state index contributed by atoms with van der Waals surface area (Å²) in [4.78, 5) is 35.4. The zero-order valence-corrected chi connectivity index (χ0v) is 21.6. The van der Waals surface area contributed by atoms with Crippen molar-refractivity contribution in [3.63, 3.8) is 0 Å². The van der Waals surface area contributed by atoms with E-state index in [0.717, 1.165) is 43.6 Å². The third-order valence-electron chi connectivity index (χ3n) is 5.16. The van der Waals surface area contributed by atoms with E-state index >= 15 is 0 Å². The van der Waals surface area contributed by atoms with Crippen LogP contribution in [0.2, 0.25) is 6.04 Å². The van der Waals surface area contributed by atoms with Gasteiger partial charge < -0.3 is 24.5 Å². The highest BCUT2D eigenvalue weighted by molar-refractivity contribution is 8.13. The number of thioether (sulfide) groups is 1. The summed E-state index contributed by atoms with van der Waals surface area (Å²) >= 11 is 1.31. The molecule has 10 heteroatoms. The topological polar surface area (TPSA) is 103 Å². The van der Waals surface area contributed by atoms with E-state index in [9.17, 15) is 14.4 Å². The SMILES string of the molecule is C=CC(=O)OCCCOC(=O)NC1CC(C)(C)CC(C)(CNC(=O)SCCC[Si]OC)C1. The smallest absolute Gasteiger partial charge is 0.407 e. The highest BCUT2D eigenvalue weighted by atomic mass is 32.2. The van der Waals surface area contributed by atoms with Crippen molar-refractivity contribution in [3.05, 3.63) is 12.7 Å². The van der Waals surface area contributed by atoms with Crippen LogP contribution in [0.25, 0.3) is 0 Å². The molecule has 32 heavy (non-hydrogen) atoms. The molecule has 0 aliphatic heterocycles. The molecule has 2 atom stereocenters. The predicted octanol–water partition coefficient (Wildman–Crippen LogP) is 3.93. The summed E-state index contributed by atoms with van der Waals surface area (Å²) in [5.41, 5.74) is -0.0883. The highest BCUT2D eigenvalue weighted by Crippen LogP contribution is 2.45. The van der Waals surface area contributed by atoms with Gasteiger partial charge in [-0.2, -0.15) is 0 Å². The van der Waals surface area contributed by atoms with Gasteiger partial charge in [0.15, 0.2) is 0 Å². The first-order chi connectivity index (χ1) is 15.1. The Hall–Kier alpha value is -1.52. The lowest BCUT2D eigenvalue weighted by Crippen LogP contribution is -2.50. The first-order valence-electron chi connectivity index (χ1n) is 11.0. The molecule has 1 aliphatic carbocycles. The lowest BCUT2D eigenvalue weighted by Gasteiger charge is -2.46. The van der Waals surface area contributed by atoms with Crippen LogP contribution in [0.5, 0.6) is 0 Å². The number of amides is 2. The van der Waals surface area contributed by atoms with Gasteiger partial charge in [-0.15, -0.1) is 0 Å². The maximum atomic E-state index is 12.2. The molecule has 0 aromatic heterocycles. The first-order valence-corrected chi connectivity index (χ1v) is 13.1. The van der Waals surface area contributed by atoms with Gasteiger partial charge in [-0.05, 0) is 42.6 Å². The molecule has 1 saturated carbocycles. The average molecular weight is 487 g/mol. The minimum atomic E-state index is -0.491. The van der Waals surface area contributed by atoms with Gasteiger partial charge in [0.2, 0.25) is 9.76 Å². The fourth-order valence-corrected chi connectivity index (χ4v) is 5.71. The number of ether oxygens (including phenoxy) is 2. The minimum absolute atomic E-state index is 0.00331. The standard InChI is InChI=1S/C22H38N2O6SSi/c1-6-18(25)29-9-7-10-30-19(26)24-17-13-21(2,3)15-22(4,14-17)16-23-20(27)31-11-8-12-32-28-5/h6,17H,1,7-16H2,2-5H3,(H,23,27)(H,24,26). The molecule has 182 valence electrons. The van der Waals surface area contributed by atoms with Crippen LogP contribution in [0, 0.1) is 10.8 Å². The van der Waals surface area contributed by atoms with Crippen molar-refractivity contribution in [1.82, 2.24) is 10.6 Å². The number of hydrogen-bond donors (Lipinski definition) is 2. The molecule has 0 bridgehead atoms. The number of esters is 1. The third kappa shape index (κ3) is 12.5. The van der Waals surface area contributed by atoms with Crippen LogP contribution in [-0.4, -0.2) is 65.7 Å². The van der Waals surface area contributed by atoms with Crippen molar-refractivity contribution < 1.29 is 28.3 Å². The van der Waals surface area contributed by atoms with Gasteiger partial charge >= 0.3 is 12.1 Å². The second-order valence-corrected chi connectivity index (χ2v) is 11.5. The van der Waals surface area contributed by atoms with E-state index in [2.05, 4.69) is 38.0 Å². The molecule has 2 unspecified atom stereocenters. The van der Waals surface area contributed by atoms with Gasteiger partial charge in [0.05, 0.1) is 13.2 Å². The Kier molecular flexibility index (Phi) is 13.0. The second kappa shape index (κ2) is 14.6. The average Bonchev–Trinajstić information content (AvgIpc) is 2.70. The van der Waals surface area contributed by atoms with Crippen LogP contribution in [-0.2, 0) is 18.7 Å². The molecule has 0 aromatic rings. The third-order valence-corrected chi connectivity index (χ3v) is 6.90. The lowest BCUT2D eigenvalue weighted by molar-refractivity contribution is -0.137. The summed E-state index contributed by atoms with van der Waals surface area (Å²) in [6.45, 7) is 10.8. The number of nitrogens with one attached hydrogen (secondary N) is 2. The zero-order chi connectivity index (χ0) is 24.0. The normalized spacial score (nSPS) is 21.9. The van der Waals surface area contributed by atoms with Crippen molar-refractivity contribution in [2.75, 3.05) is 32.6 Å². The largest absolute Gasteiger partial charge is 0.462 e. The van der Waals surface area contributed by atoms with Gasteiger partial charge in [-0.25, -0.2) is 9.59 Å². The van der Waals surface area contributed by atoms with E-state index in [1.165, 1.54) is 11.8 Å². The van der Waals surface area contributed by atoms with E-state index in [4.69, 9.17) is 13.9 Å². The van der Waals surface area contributed by atoms with Crippen LogP contribution in [0.3, 0.4) is 0 Å². The molecule has 0 saturated heterocycles. The van der Waals surface area contributed by atoms with E-state index in [-0.39, 0.29) is 35.3 Å². The monoisotopic (exact) mass is 486 g/mol. The van der Waals surface area contributed by atoms with Crippen LogP contribution in [0.15, 0.2) is 12.7 Å². The van der Waals surface area contributed by atoms with Crippen molar-refractivity contribution in [2.24, 2.45) is 10.8 Å². The van der Waals surface area contributed by atoms with Gasteiger partial charge in [0.1, 0.15) is 0 Å². The van der Waals surface area contributed by atoms with Crippen molar-refractivity contribution >= 4 is 38.8 Å². The Morgan fingerprint density at radius 1 is 1.16 bits per heavy atom. The maximum absolute atomic E-state index is 12.2. The molecule has 1 fully saturated rings. The summed E-state index contributed by atoms with van der Waals surface area (Å²) in [5, 5.41) is 6.02. The molecule has 0 heterocycles. The Labute approximate surface area is 198 Å². The van der Waals surface area contributed by atoms with Crippen LogP contribution in [0.1, 0.15) is 52.9 Å². The fraction of sp³-hybridized carbons (Fsp3) is 0.773. The predicted molar refractivity (Wildman–Crippen MR) is 128 cm³/mol. The van der Waals surface area contributed by atoms with E-state index in [1.54, 1.807) is 7.11 Å². The number of hydrogen-bond acceptors (Lipinski definition) is 7. The quantitative estimate of drug-likeness (QED) is 0.176. The number of rotatable bonds is 13. The molecule has 0 spiro atoms. The van der Waals surface area contributed by atoms with Crippen LogP contribution >= 0.6 is 11.8 Å². The van der Waals surface area contributed by atoms with Crippen molar-refractivity contribution in [1.29, 1.82) is 0 Å². The number of carbonyl (C=O) groups excluding carboxylic acids is 3. The van der Waals surface area contributed by atoms with Gasteiger partial charge in [0.25, 0.3) is 5.24 Å². The van der Waals surface area contributed by atoms with Gasteiger partial charge in [-0.1, -0.05) is 39.1 Å². The molecule has 2 amide bonds. The minimum Gasteiger partial charge on any atom is -0.462 e. The van der Waals surface area contributed by atoms with E-state index in [1.807, 2.05) is 0 Å². The van der Waals surface area contributed by atoms with E-state index < -0.39 is 12.1 Å². The van der Waals surface area contributed by atoms with Crippen LogP contribution in [0.4, 0.5) is 9.59 Å². The summed E-state index contributed by atoms with van der Waals surface area (Å²) in [5.74, 6) is 0.294. The maximum Gasteiger partial charge on any atom is 0.407 e. The Bertz CT molecular complexity index is 634. The summed E-state index contributed by atoms with van der Waals surface area (Å²) in [7, 11) is 2.18. The second-order valence-electron chi connectivity index (χ2n) is 9.20. The van der Waals surface area contributed by atoms with Crippen molar-refractivity contribution in [2.45, 2.75) is 65.0 Å². The fourth-order valence-electron chi connectivity index (χ4n) is 4.28. The zero-order valence-electron chi connectivity index (χ0n) is 19.8. The molecular formula is C22H38N2O6SSi. The van der Waals surface area contributed by atoms with E-state index in [0.29, 0.717) is 22.7 Å². The van der Waals surface area contributed by atoms with Crippen LogP contribution < -0.4 is 10.6 Å². The Balaban J connectivity index is 2.41. The molecule has 0 aromatic carbocycles. The Morgan fingerprint density at radius 2 is 1.88 bits per heavy atom. The summed E-state index contributed by atoms with van der Waals surface area (Å²) < 4.78 is 15.1. The summed E-state index contributed by atoms with van der Waals surface area (Å²) in [6, 6.07) is 0.945. The lowest BCUT2D eigenvalue weighted by atomic mass is 9.62. The van der Waals surface area contributed by atoms with Gasteiger partial charge in [0, 0.05) is 37.9 Å². The summed E-state index contributed by atoms with van der Waals surface area (Å²) in [6.07, 6.45) is 4.58. The molecule has 1 rings (SSSR count). The number of carbonyl (C=O) groups is 3. The molecule has 8 nitrogen and oxygen atoms in total. The molecule has 1 aliphatic rings. The molecule has 2 radical (unpaired) electrons.